The van der Waals surface area contributed by atoms with Gasteiger partial charge < -0.3 is 10.3 Å². The minimum Gasteiger partial charge on any atom is -0.354 e. The lowest BCUT2D eigenvalue weighted by atomic mass is 10.1. The summed E-state index contributed by atoms with van der Waals surface area (Å²) in [4.78, 5) is 16.5. The van der Waals surface area contributed by atoms with Crippen molar-refractivity contribution in [3.63, 3.8) is 0 Å². The molecule has 0 amide bonds. The minimum atomic E-state index is -0.591. The number of nitrogens with zero attached hydrogens (tertiary/aromatic N) is 4. The van der Waals surface area contributed by atoms with Gasteiger partial charge in [0.05, 0.1) is 22.5 Å². The lowest BCUT2D eigenvalue weighted by Crippen LogP contribution is -2.26. The zero-order chi connectivity index (χ0) is 29.2. The predicted molar refractivity (Wildman–Crippen MR) is 163 cm³/mol. The van der Waals surface area contributed by atoms with Crippen LogP contribution in [0, 0.1) is 5.82 Å². The van der Waals surface area contributed by atoms with Crippen molar-refractivity contribution in [1.29, 1.82) is 0 Å². The quantitative estimate of drug-likeness (QED) is 0.217. The maximum absolute atomic E-state index is 16.3. The zero-order valence-electron chi connectivity index (χ0n) is 22.6. The fourth-order valence-corrected chi connectivity index (χ4v) is 4.71. The highest BCUT2D eigenvalue weighted by atomic mass is 19.1. The van der Waals surface area contributed by atoms with Crippen molar-refractivity contribution in [1.82, 2.24) is 30.1 Å². The number of pyridine rings is 2. The first-order valence-corrected chi connectivity index (χ1v) is 13.1. The first-order chi connectivity index (χ1) is 20.4. The summed E-state index contributed by atoms with van der Waals surface area (Å²) in [7, 11) is 0. The van der Waals surface area contributed by atoms with Gasteiger partial charge in [-0.2, -0.15) is 5.10 Å². The molecule has 0 fully saturated rings. The smallest absolute Gasteiger partial charge is 0.161 e. The first kappa shape index (κ1) is 26.5. The van der Waals surface area contributed by atoms with Gasteiger partial charge in [0.25, 0.3) is 0 Å². The molecule has 3 N–H and O–H groups in total. The van der Waals surface area contributed by atoms with Crippen LogP contribution in [0.3, 0.4) is 0 Å². The molecule has 6 rings (SSSR count). The molecule has 0 unspecified atom stereocenters. The molecule has 0 aliphatic heterocycles. The van der Waals surface area contributed by atoms with Crippen LogP contribution in [-0.4, -0.2) is 30.1 Å². The molecule has 4 aromatic heterocycles. The number of allylic oxidation sites excluding steroid dienone is 1. The number of nitrogens with one attached hydrogen (secondary N) is 3. The maximum atomic E-state index is 16.3. The average molecular weight is 558 g/mol. The van der Waals surface area contributed by atoms with Gasteiger partial charge in [0.1, 0.15) is 22.9 Å². The topological polar surface area (TPSA) is 95.2 Å². The molecule has 206 valence electrons. The summed E-state index contributed by atoms with van der Waals surface area (Å²) in [5, 5.41) is 11.1. The molecule has 6 aromatic rings. The molecule has 9 heteroatoms. The van der Waals surface area contributed by atoms with Gasteiger partial charge in [-0.25, -0.2) is 18.7 Å². The molecule has 0 atom stereocenters. The zero-order valence-corrected chi connectivity index (χ0v) is 22.6. The Morgan fingerprint density at radius 1 is 0.976 bits per heavy atom. The second-order valence-corrected chi connectivity index (χ2v) is 9.53. The van der Waals surface area contributed by atoms with Crippen LogP contribution in [0.15, 0.2) is 98.5 Å². The van der Waals surface area contributed by atoms with Crippen molar-refractivity contribution >= 4 is 40.0 Å². The summed E-state index contributed by atoms with van der Waals surface area (Å²) in [5.41, 5.74) is 5.40. The Labute approximate surface area is 239 Å². The van der Waals surface area contributed by atoms with E-state index in [9.17, 15) is 4.39 Å². The van der Waals surface area contributed by atoms with E-state index in [1.165, 1.54) is 12.1 Å². The molecule has 2 aromatic carbocycles. The van der Waals surface area contributed by atoms with Crippen LogP contribution in [0.1, 0.15) is 18.1 Å². The number of imidazole rings is 1. The molecule has 0 saturated heterocycles. The van der Waals surface area contributed by atoms with E-state index in [1.807, 2.05) is 30.3 Å². The maximum Gasteiger partial charge on any atom is 0.161 e. The summed E-state index contributed by atoms with van der Waals surface area (Å²) in [6.45, 7) is 9.91. The van der Waals surface area contributed by atoms with Crippen molar-refractivity contribution in [2.75, 3.05) is 5.32 Å². The second-order valence-electron chi connectivity index (χ2n) is 9.53. The molecule has 0 spiro atoms. The third-order valence-electron chi connectivity index (χ3n) is 6.82. The minimum absolute atomic E-state index is 0.122. The Morgan fingerprint density at radius 3 is 2.60 bits per heavy atom. The third-order valence-corrected chi connectivity index (χ3v) is 6.82. The third kappa shape index (κ3) is 4.99. The van der Waals surface area contributed by atoms with Crippen LogP contribution in [0.5, 0.6) is 0 Å². The summed E-state index contributed by atoms with van der Waals surface area (Å²) < 4.78 is 30.3. The number of hydrogen-bond acceptors (Lipinski definition) is 5. The van der Waals surface area contributed by atoms with Crippen LogP contribution in [0.25, 0.3) is 57.0 Å². The fraction of sp³-hybridized carbons (Fsp3) is 0.0303. The van der Waals surface area contributed by atoms with E-state index in [-0.39, 0.29) is 22.3 Å². The Kier molecular flexibility index (Phi) is 6.98. The largest absolute Gasteiger partial charge is 0.354 e. The van der Waals surface area contributed by atoms with Crippen molar-refractivity contribution in [3.05, 3.63) is 126 Å². The van der Waals surface area contributed by atoms with Gasteiger partial charge >= 0.3 is 0 Å². The first-order valence-electron chi connectivity index (χ1n) is 13.1. The Bertz CT molecular complexity index is 2090. The fourth-order valence-electron chi connectivity index (χ4n) is 4.71. The molecule has 0 saturated carbocycles. The van der Waals surface area contributed by atoms with Gasteiger partial charge in [0.2, 0.25) is 0 Å². The molecular weight excluding hydrogens is 532 g/mol. The van der Waals surface area contributed by atoms with Crippen LogP contribution >= 0.6 is 0 Å². The second kappa shape index (κ2) is 11.1. The van der Waals surface area contributed by atoms with Crippen LogP contribution in [0.2, 0.25) is 0 Å². The van der Waals surface area contributed by atoms with Crippen LogP contribution in [0.4, 0.5) is 14.5 Å². The molecule has 0 bridgehead atoms. The van der Waals surface area contributed by atoms with Crippen molar-refractivity contribution in [3.8, 4) is 22.6 Å². The Hall–Kier alpha value is -5.70. The highest BCUT2D eigenvalue weighted by Crippen LogP contribution is 2.29. The standard InChI is InChI=1S/C33H25F2N7/c1-4-27-28(29(35)19(2)23-16-25(18-36-17-23)38-20(3)21-9-6-5-7-10-21)31(42-41-27)33-39-30-26(13-14-37-32(30)40-33)22-11-8-12-24(34)15-22/h4-18,38,41H,2-3H2,1H3,(H,37,39,40)/b27-4+,29-28-. The van der Waals surface area contributed by atoms with E-state index in [0.29, 0.717) is 50.4 Å². The summed E-state index contributed by atoms with van der Waals surface area (Å²) in [6.07, 6.45) is 6.51. The molecule has 7 nitrogen and oxygen atoms in total. The summed E-state index contributed by atoms with van der Waals surface area (Å²) in [6, 6.07) is 19.4. The van der Waals surface area contributed by atoms with E-state index in [4.69, 9.17) is 4.98 Å². The molecular formula is C33H25F2N7. The molecule has 0 aliphatic rings. The van der Waals surface area contributed by atoms with Gasteiger partial charge in [0.15, 0.2) is 11.5 Å². The molecule has 4 heterocycles. The molecule has 42 heavy (non-hydrogen) atoms. The van der Waals surface area contributed by atoms with E-state index < -0.39 is 5.83 Å². The number of benzene rings is 2. The number of aromatic amines is 2. The van der Waals surface area contributed by atoms with Crippen LogP contribution in [-0.2, 0) is 0 Å². The monoisotopic (exact) mass is 557 g/mol. The number of rotatable bonds is 7. The van der Waals surface area contributed by atoms with E-state index in [1.54, 1.807) is 55.9 Å². The van der Waals surface area contributed by atoms with Crippen molar-refractivity contribution in [2.24, 2.45) is 0 Å². The summed E-state index contributed by atoms with van der Waals surface area (Å²) >= 11 is 0. The average Bonchev–Trinajstić information content (AvgIpc) is 3.65. The number of hydrogen-bond donors (Lipinski definition) is 3. The number of halogens is 2. The number of fused-ring (bicyclic) bond motifs is 1. The number of aromatic nitrogens is 6. The SMILES string of the molecule is C=C(Nc1cncc(C(=C)/C(F)=c2/c(-c3nc4c(-c5cccc(F)c5)ccnc4[nH]3)n[nH]/c2=C/C)c1)c1ccccc1. The normalized spacial score (nSPS) is 12.4. The molecule has 0 aliphatic carbocycles. The summed E-state index contributed by atoms with van der Waals surface area (Å²) in [5.74, 6) is -0.651. The van der Waals surface area contributed by atoms with Gasteiger partial charge in [-0.3, -0.25) is 10.1 Å². The van der Waals surface area contributed by atoms with Crippen molar-refractivity contribution in [2.45, 2.75) is 6.92 Å². The van der Waals surface area contributed by atoms with E-state index in [0.717, 1.165) is 5.56 Å². The van der Waals surface area contributed by atoms with Crippen LogP contribution < -0.4 is 15.9 Å². The molecule has 0 radical (unpaired) electrons. The predicted octanol–water partition coefficient (Wildman–Crippen LogP) is 6.22. The van der Waals surface area contributed by atoms with E-state index in [2.05, 4.69) is 43.6 Å². The Morgan fingerprint density at radius 2 is 1.81 bits per heavy atom. The Balaban J connectivity index is 1.41. The lowest BCUT2D eigenvalue weighted by molar-refractivity contribution is 0.628. The lowest BCUT2D eigenvalue weighted by Gasteiger charge is -2.11. The van der Waals surface area contributed by atoms with Gasteiger partial charge in [-0.15, -0.1) is 0 Å². The van der Waals surface area contributed by atoms with Gasteiger partial charge in [0, 0.05) is 34.8 Å². The van der Waals surface area contributed by atoms with Gasteiger partial charge in [-0.05, 0) is 42.3 Å². The highest BCUT2D eigenvalue weighted by Gasteiger charge is 2.19. The van der Waals surface area contributed by atoms with E-state index >= 15 is 4.39 Å². The number of anilines is 1. The number of H-pyrrole nitrogens is 2. The highest BCUT2D eigenvalue weighted by molar-refractivity contribution is 5.95. The van der Waals surface area contributed by atoms with Gasteiger partial charge in [-0.1, -0.05) is 61.7 Å². The van der Waals surface area contributed by atoms with Crippen molar-refractivity contribution < 1.29 is 8.78 Å².